The lowest BCUT2D eigenvalue weighted by molar-refractivity contribution is -0.133. The topological polar surface area (TPSA) is 90.1 Å². The van der Waals surface area contributed by atoms with E-state index in [2.05, 4.69) is 46.3 Å². The smallest absolute Gasteiger partial charge is 0.313 e. The second-order valence-corrected chi connectivity index (χ2v) is 9.38. The summed E-state index contributed by atoms with van der Waals surface area (Å²) in [5.41, 5.74) is 1.22. The van der Waals surface area contributed by atoms with E-state index in [9.17, 15) is 4.79 Å². The third kappa shape index (κ3) is 10.7. The Morgan fingerprint density at radius 2 is 1.65 bits per heavy atom. The van der Waals surface area contributed by atoms with Crippen molar-refractivity contribution in [2.24, 2.45) is 7.05 Å². The average molecular weight is 489 g/mol. The first-order chi connectivity index (χ1) is 16.6. The highest BCUT2D eigenvalue weighted by Gasteiger charge is 2.16. The number of unbranched alkanes of at least 4 members (excludes halogenated alkanes) is 9. The molecule has 0 saturated heterocycles. The van der Waals surface area contributed by atoms with Crippen LogP contribution in [0.3, 0.4) is 0 Å². The fourth-order valence-electron chi connectivity index (χ4n) is 3.61. The summed E-state index contributed by atoms with van der Waals surface area (Å²) in [5, 5.41) is 13.9. The van der Waals surface area contributed by atoms with Gasteiger partial charge in [-0.2, -0.15) is 5.10 Å². The number of carboxylic acids is 1. The Hall–Kier alpha value is -2.35. The van der Waals surface area contributed by atoms with E-state index < -0.39 is 5.97 Å². The lowest BCUT2D eigenvalue weighted by Gasteiger charge is -2.06. The van der Waals surface area contributed by atoms with Crippen LogP contribution in [0.1, 0.15) is 84.0 Å². The Balaban J connectivity index is 1.55. The second kappa shape index (κ2) is 17.1. The summed E-state index contributed by atoms with van der Waals surface area (Å²) >= 11 is 1.14. The summed E-state index contributed by atoms with van der Waals surface area (Å²) in [4.78, 5) is 19.3. The zero-order valence-electron chi connectivity index (χ0n) is 20.7. The van der Waals surface area contributed by atoms with Crippen molar-refractivity contribution in [1.29, 1.82) is 0 Å². The molecule has 2 aromatic heterocycles. The quantitative estimate of drug-likeness (QED) is 0.101. The largest absolute Gasteiger partial charge is 0.481 e. The van der Waals surface area contributed by atoms with Crippen LogP contribution in [0, 0.1) is 0 Å². The van der Waals surface area contributed by atoms with E-state index >= 15 is 0 Å². The van der Waals surface area contributed by atoms with Gasteiger partial charge in [-0.25, -0.2) is 14.6 Å². The molecule has 0 aliphatic rings. The van der Waals surface area contributed by atoms with Gasteiger partial charge in [0.1, 0.15) is 16.9 Å². The van der Waals surface area contributed by atoms with E-state index in [0.29, 0.717) is 28.5 Å². The Bertz CT molecular complexity index is 911. The van der Waals surface area contributed by atoms with Gasteiger partial charge in [0.25, 0.3) is 0 Å². The van der Waals surface area contributed by atoms with Crippen LogP contribution in [0.5, 0.6) is 5.88 Å². The molecule has 1 N–H and O–H groups in total. The number of carbonyl (C=O) groups is 1. The van der Waals surface area contributed by atoms with Crippen LogP contribution in [0.2, 0.25) is 0 Å². The van der Waals surface area contributed by atoms with Crippen LogP contribution in [0.25, 0.3) is 11.0 Å². The number of rotatable bonds is 19. The molecule has 188 valence electrons. The van der Waals surface area contributed by atoms with Crippen LogP contribution in [-0.2, 0) is 11.8 Å². The second-order valence-electron chi connectivity index (χ2n) is 8.42. The highest BCUT2D eigenvalue weighted by atomic mass is 32.2. The highest BCUT2D eigenvalue weighted by Crippen LogP contribution is 2.29. The summed E-state index contributed by atoms with van der Waals surface area (Å²) in [5.74, 6) is -0.343. The van der Waals surface area contributed by atoms with Crippen molar-refractivity contribution in [1.82, 2.24) is 19.7 Å². The molecule has 7 nitrogen and oxygen atoms in total. The normalized spacial score (nSPS) is 11.8. The van der Waals surface area contributed by atoms with Gasteiger partial charge in [0.2, 0.25) is 5.88 Å². The molecule has 2 heterocycles. The number of aryl methyl sites for hydroxylation is 1. The maximum atomic E-state index is 10.8. The van der Waals surface area contributed by atoms with E-state index in [4.69, 9.17) is 9.84 Å². The van der Waals surface area contributed by atoms with Gasteiger partial charge in [-0.15, -0.1) is 0 Å². The maximum absolute atomic E-state index is 10.8. The van der Waals surface area contributed by atoms with Crippen molar-refractivity contribution in [3.8, 4) is 5.88 Å². The van der Waals surface area contributed by atoms with Gasteiger partial charge in [0, 0.05) is 7.05 Å². The molecule has 0 atom stereocenters. The standard InChI is InChI=1S/C26H40N4O3S/c1-3-4-5-6-7-8-9-10-11-12-13-14-15-16-17-18-19-33-26-24-23(29-30(26)2)25(28-21-27-24)34-20-22(31)32/h7-8,10-11,21H,3-6,9,12-20H2,1-2H3,(H,31,32)/b8-7-,11-10-. The predicted octanol–water partition coefficient (Wildman–Crippen LogP) is 6.73. The van der Waals surface area contributed by atoms with Crippen molar-refractivity contribution in [3.63, 3.8) is 0 Å². The van der Waals surface area contributed by atoms with Crippen molar-refractivity contribution in [3.05, 3.63) is 30.6 Å². The van der Waals surface area contributed by atoms with Gasteiger partial charge < -0.3 is 9.84 Å². The Morgan fingerprint density at radius 3 is 2.35 bits per heavy atom. The molecule has 0 unspecified atom stereocenters. The molecule has 2 aromatic rings. The number of thioether (sulfide) groups is 1. The van der Waals surface area contributed by atoms with Gasteiger partial charge in [-0.3, -0.25) is 4.79 Å². The molecule has 0 radical (unpaired) electrons. The third-order valence-corrected chi connectivity index (χ3v) is 6.41. The molecule has 8 heteroatoms. The molecule has 0 spiro atoms. The minimum atomic E-state index is -0.887. The summed E-state index contributed by atoms with van der Waals surface area (Å²) in [6.45, 7) is 2.86. The first kappa shape index (κ1) is 27.9. The zero-order valence-corrected chi connectivity index (χ0v) is 21.6. The van der Waals surface area contributed by atoms with Crippen LogP contribution >= 0.6 is 11.8 Å². The lowest BCUT2D eigenvalue weighted by Crippen LogP contribution is -2.02. The zero-order chi connectivity index (χ0) is 24.4. The molecule has 0 aliphatic carbocycles. The number of aliphatic carboxylic acids is 1. The molecule has 0 bridgehead atoms. The minimum Gasteiger partial charge on any atom is -0.481 e. The number of hydrogen-bond acceptors (Lipinski definition) is 6. The first-order valence-corrected chi connectivity index (χ1v) is 13.6. The van der Waals surface area contributed by atoms with Gasteiger partial charge in [-0.05, 0) is 38.5 Å². The number of ether oxygens (including phenoxy) is 1. The van der Waals surface area contributed by atoms with E-state index in [1.807, 2.05) is 0 Å². The number of fused-ring (bicyclic) bond motifs is 1. The fourth-order valence-corrected chi connectivity index (χ4v) is 4.27. The summed E-state index contributed by atoms with van der Waals surface area (Å²) in [6.07, 6.45) is 25.2. The van der Waals surface area contributed by atoms with Gasteiger partial charge in [0.05, 0.1) is 12.4 Å². The molecule has 0 aliphatic heterocycles. The minimum absolute atomic E-state index is 0.0638. The SMILES string of the molecule is CCCCC/C=C\C/C=C\CCCCCCCCOc1c2ncnc(SCC(=O)O)c2nn1C. The van der Waals surface area contributed by atoms with Crippen LogP contribution in [-0.4, -0.2) is 43.2 Å². The van der Waals surface area contributed by atoms with Crippen molar-refractivity contribution >= 4 is 28.8 Å². The monoisotopic (exact) mass is 488 g/mol. The first-order valence-electron chi connectivity index (χ1n) is 12.6. The van der Waals surface area contributed by atoms with Gasteiger partial charge in [0.15, 0.2) is 5.52 Å². The number of aromatic nitrogens is 4. The third-order valence-electron chi connectivity index (χ3n) is 5.45. The molecular weight excluding hydrogens is 448 g/mol. The highest BCUT2D eigenvalue weighted by molar-refractivity contribution is 8.00. The Labute approximate surface area is 208 Å². The van der Waals surface area contributed by atoms with E-state index in [1.165, 1.54) is 64.1 Å². The molecule has 0 aromatic carbocycles. The van der Waals surface area contributed by atoms with Crippen molar-refractivity contribution in [2.45, 2.75) is 89.0 Å². The average Bonchev–Trinajstić information content (AvgIpc) is 3.15. The van der Waals surface area contributed by atoms with E-state index in [0.717, 1.165) is 31.0 Å². The molecule has 0 amide bonds. The molecule has 0 fully saturated rings. The van der Waals surface area contributed by atoms with Crippen LogP contribution in [0.4, 0.5) is 0 Å². The van der Waals surface area contributed by atoms with Crippen molar-refractivity contribution in [2.75, 3.05) is 12.4 Å². The Kier molecular flexibility index (Phi) is 14.1. The summed E-state index contributed by atoms with van der Waals surface area (Å²) in [6, 6.07) is 0. The fraction of sp³-hybridized carbons (Fsp3) is 0.615. The summed E-state index contributed by atoms with van der Waals surface area (Å²) in [7, 11) is 1.81. The van der Waals surface area contributed by atoms with E-state index in [1.54, 1.807) is 11.7 Å². The van der Waals surface area contributed by atoms with Crippen LogP contribution < -0.4 is 4.74 Å². The number of carboxylic acid groups (broad SMARTS) is 1. The molecule has 0 saturated carbocycles. The Morgan fingerprint density at radius 1 is 0.971 bits per heavy atom. The van der Waals surface area contributed by atoms with Gasteiger partial charge >= 0.3 is 5.97 Å². The molecule has 34 heavy (non-hydrogen) atoms. The maximum Gasteiger partial charge on any atom is 0.313 e. The summed E-state index contributed by atoms with van der Waals surface area (Å²) < 4.78 is 7.61. The number of nitrogens with zero attached hydrogens (tertiary/aromatic N) is 4. The van der Waals surface area contributed by atoms with Crippen LogP contribution in [0.15, 0.2) is 35.7 Å². The van der Waals surface area contributed by atoms with E-state index in [-0.39, 0.29) is 5.75 Å². The number of hydrogen-bond donors (Lipinski definition) is 1. The van der Waals surface area contributed by atoms with Crippen molar-refractivity contribution < 1.29 is 14.6 Å². The lowest BCUT2D eigenvalue weighted by atomic mass is 10.1. The molecular formula is C26H40N4O3S. The van der Waals surface area contributed by atoms with Gasteiger partial charge in [-0.1, -0.05) is 81.5 Å². The molecule has 2 rings (SSSR count). The number of allylic oxidation sites excluding steroid dienone is 4. The predicted molar refractivity (Wildman–Crippen MR) is 140 cm³/mol.